The van der Waals surface area contributed by atoms with Crippen molar-refractivity contribution in [2.24, 2.45) is 5.92 Å². The number of fused-ring (bicyclic) bond motifs is 1. The van der Waals surface area contributed by atoms with Crippen molar-refractivity contribution < 1.29 is 26.2 Å². The molecule has 0 bridgehead atoms. The van der Waals surface area contributed by atoms with E-state index in [1.807, 2.05) is 0 Å². The van der Waals surface area contributed by atoms with Crippen LogP contribution >= 0.6 is 0 Å². The summed E-state index contributed by atoms with van der Waals surface area (Å²) in [4.78, 5) is 0. The molecule has 0 saturated heterocycles. The van der Waals surface area contributed by atoms with Crippen LogP contribution in [0.3, 0.4) is 0 Å². The monoisotopic (exact) mass is 473 g/mol. The summed E-state index contributed by atoms with van der Waals surface area (Å²) in [6.07, 6.45) is 20.4. The Morgan fingerprint density at radius 3 is 2.10 bits per heavy atom. The molecule has 2 aromatic rings. The van der Waals surface area contributed by atoms with Crippen LogP contribution in [0.25, 0.3) is 17.2 Å². The summed E-state index contributed by atoms with van der Waals surface area (Å²) in [6, 6.07) is 14.2. The van der Waals surface area contributed by atoms with Crippen LogP contribution in [0.4, 0.5) is 0 Å². The molecule has 3 aliphatic carbocycles. The second-order valence-corrected chi connectivity index (χ2v) is 9.79. The molecule has 0 N–H and O–H groups in total. The van der Waals surface area contributed by atoms with E-state index in [0.717, 1.165) is 11.8 Å². The molecular formula is C29H35Zr. The normalized spacial score (nSPS) is 19.8. The zero-order chi connectivity index (χ0) is 19.6. The minimum atomic E-state index is 0. The summed E-state index contributed by atoms with van der Waals surface area (Å²) in [7, 11) is 0. The van der Waals surface area contributed by atoms with Crippen LogP contribution in [-0.4, -0.2) is 0 Å². The van der Waals surface area contributed by atoms with Crippen LogP contribution in [0.15, 0.2) is 42.0 Å². The SMILES string of the molecule is Cc1ccc(-c2ccc(C3CCCCC3)cc2)c2c1[CH]C(CC1CCCCC1)=C2.[Zr]. The third kappa shape index (κ3) is 4.77. The van der Waals surface area contributed by atoms with Crippen molar-refractivity contribution in [3.63, 3.8) is 0 Å². The molecule has 2 fully saturated rings. The topological polar surface area (TPSA) is 0 Å². The third-order valence-electron chi connectivity index (χ3n) is 7.71. The first-order valence-corrected chi connectivity index (χ1v) is 12.1. The summed E-state index contributed by atoms with van der Waals surface area (Å²) < 4.78 is 0. The second-order valence-electron chi connectivity index (χ2n) is 9.79. The Kier molecular flexibility index (Phi) is 7.51. The summed E-state index contributed by atoms with van der Waals surface area (Å²) >= 11 is 0. The van der Waals surface area contributed by atoms with E-state index in [0.29, 0.717) is 0 Å². The summed E-state index contributed by atoms with van der Waals surface area (Å²) in [6.45, 7) is 2.27. The molecule has 3 aliphatic rings. The van der Waals surface area contributed by atoms with E-state index in [9.17, 15) is 0 Å². The summed E-state index contributed by atoms with van der Waals surface area (Å²) in [5.41, 5.74) is 10.2. The molecule has 1 radical (unpaired) electrons. The quantitative estimate of drug-likeness (QED) is 0.416. The van der Waals surface area contributed by atoms with Crippen LogP contribution < -0.4 is 0 Å². The predicted octanol–water partition coefficient (Wildman–Crippen LogP) is 8.63. The van der Waals surface area contributed by atoms with Crippen molar-refractivity contribution in [3.8, 4) is 11.1 Å². The standard InChI is InChI=1S/C29H35.Zr/c1-21-12-17-27(26-15-13-25(14-16-26)24-10-6-3-7-11-24)29-20-23(19-28(21)29)18-22-8-4-2-5-9-22;/h12-17,19-20,22,24H,2-11,18H2,1H3;. The minimum Gasteiger partial charge on any atom is -0.0608 e. The van der Waals surface area contributed by atoms with Gasteiger partial charge in [-0.2, -0.15) is 0 Å². The van der Waals surface area contributed by atoms with Gasteiger partial charge in [-0.25, -0.2) is 0 Å². The second kappa shape index (κ2) is 10.1. The molecule has 0 spiro atoms. The van der Waals surface area contributed by atoms with E-state index < -0.39 is 0 Å². The third-order valence-corrected chi connectivity index (χ3v) is 7.71. The molecule has 5 rings (SSSR count). The average Bonchev–Trinajstić information content (AvgIpc) is 3.20. The van der Waals surface area contributed by atoms with Crippen molar-refractivity contribution in [1.82, 2.24) is 0 Å². The predicted molar refractivity (Wildman–Crippen MR) is 125 cm³/mol. The first kappa shape index (κ1) is 22.3. The number of hydrogen-bond donors (Lipinski definition) is 0. The van der Waals surface area contributed by atoms with Gasteiger partial charge in [0.1, 0.15) is 0 Å². The van der Waals surface area contributed by atoms with E-state index in [4.69, 9.17) is 0 Å². The van der Waals surface area contributed by atoms with Gasteiger partial charge in [-0.1, -0.05) is 99.4 Å². The molecule has 0 aromatic heterocycles. The molecule has 0 nitrogen and oxygen atoms in total. The van der Waals surface area contributed by atoms with Gasteiger partial charge in [0.05, 0.1) is 0 Å². The first-order valence-electron chi connectivity index (χ1n) is 12.1. The van der Waals surface area contributed by atoms with Crippen LogP contribution in [0.2, 0.25) is 0 Å². The van der Waals surface area contributed by atoms with Crippen molar-refractivity contribution in [2.45, 2.75) is 83.5 Å². The van der Waals surface area contributed by atoms with Gasteiger partial charge in [-0.15, -0.1) is 0 Å². The molecule has 2 saturated carbocycles. The molecule has 0 amide bonds. The molecular weight excluding hydrogens is 440 g/mol. The Morgan fingerprint density at radius 2 is 1.40 bits per heavy atom. The van der Waals surface area contributed by atoms with Crippen molar-refractivity contribution in [2.75, 3.05) is 0 Å². The maximum Gasteiger partial charge on any atom is 0.0167 e. The summed E-state index contributed by atoms with van der Waals surface area (Å²) in [5.74, 6) is 1.69. The summed E-state index contributed by atoms with van der Waals surface area (Å²) in [5, 5.41) is 0. The number of rotatable bonds is 4. The Bertz CT molecular complexity index is 877. The Balaban J connectivity index is 0.00000218. The van der Waals surface area contributed by atoms with Gasteiger partial charge in [0.15, 0.2) is 0 Å². The van der Waals surface area contributed by atoms with Crippen molar-refractivity contribution >= 4 is 6.08 Å². The molecule has 0 aliphatic heterocycles. The Hall–Kier alpha value is -0.937. The number of hydrogen-bond acceptors (Lipinski definition) is 0. The molecule has 0 unspecified atom stereocenters. The van der Waals surface area contributed by atoms with Crippen LogP contribution in [-0.2, 0) is 26.2 Å². The van der Waals surface area contributed by atoms with E-state index in [2.05, 4.69) is 55.8 Å². The van der Waals surface area contributed by atoms with Gasteiger partial charge in [0, 0.05) is 32.6 Å². The van der Waals surface area contributed by atoms with Gasteiger partial charge in [0.2, 0.25) is 0 Å². The number of benzene rings is 2. The fourth-order valence-corrected chi connectivity index (χ4v) is 5.97. The zero-order valence-electron chi connectivity index (χ0n) is 18.6. The van der Waals surface area contributed by atoms with Gasteiger partial charge in [-0.05, 0) is 71.4 Å². The molecule has 30 heavy (non-hydrogen) atoms. The maximum atomic E-state index is 2.50. The van der Waals surface area contributed by atoms with Crippen LogP contribution in [0, 0.1) is 19.3 Å². The molecule has 0 heterocycles. The average molecular weight is 475 g/mol. The Labute approximate surface area is 202 Å². The fourth-order valence-electron chi connectivity index (χ4n) is 5.97. The largest absolute Gasteiger partial charge is 0.0608 e. The number of aryl methyl sites for hydroxylation is 1. The van der Waals surface area contributed by atoms with Crippen LogP contribution in [0.1, 0.15) is 98.8 Å². The first-order chi connectivity index (χ1) is 14.3. The minimum absolute atomic E-state index is 0. The fraction of sp³-hybridized carbons (Fsp3) is 0.483. The zero-order valence-corrected chi connectivity index (χ0v) is 21.0. The number of allylic oxidation sites excluding steroid dienone is 1. The van der Waals surface area contributed by atoms with Gasteiger partial charge < -0.3 is 0 Å². The van der Waals surface area contributed by atoms with Gasteiger partial charge in [-0.3, -0.25) is 0 Å². The smallest absolute Gasteiger partial charge is 0.0167 e. The molecule has 1 heteroatoms. The maximum absolute atomic E-state index is 2.50. The van der Waals surface area contributed by atoms with Gasteiger partial charge >= 0.3 is 0 Å². The van der Waals surface area contributed by atoms with Crippen molar-refractivity contribution in [3.05, 3.63) is 70.6 Å². The Morgan fingerprint density at radius 1 is 0.733 bits per heavy atom. The van der Waals surface area contributed by atoms with Crippen molar-refractivity contribution in [1.29, 1.82) is 0 Å². The van der Waals surface area contributed by atoms with E-state index >= 15 is 0 Å². The van der Waals surface area contributed by atoms with Gasteiger partial charge in [0.25, 0.3) is 0 Å². The van der Waals surface area contributed by atoms with E-state index in [-0.39, 0.29) is 26.2 Å². The molecule has 2 aromatic carbocycles. The van der Waals surface area contributed by atoms with E-state index in [1.54, 1.807) is 11.1 Å². The molecule has 0 atom stereocenters. The molecule has 155 valence electrons. The van der Waals surface area contributed by atoms with E-state index in [1.165, 1.54) is 98.4 Å². The van der Waals surface area contributed by atoms with Crippen LogP contribution in [0.5, 0.6) is 0 Å².